The van der Waals surface area contributed by atoms with Crippen LogP contribution >= 0.6 is 0 Å². The normalized spacial score (nSPS) is 13.8. The Morgan fingerprint density at radius 1 is 1.28 bits per heavy atom. The average molecular weight is 397 g/mol. The quantitative estimate of drug-likeness (QED) is 0.505. The predicted octanol–water partition coefficient (Wildman–Crippen LogP) is 2.99. The van der Waals surface area contributed by atoms with Gasteiger partial charge in [0.25, 0.3) is 5.91 Å². The summed E-state index contributed by atoms with van der Waals surface area (Å²) in [7, 11) is 3.06. The second-order valence-corrected chi connectivity index (χ2v) is 6.13. The van der Waals surface area contributed by atoms with Gasteiger partial charge in [-0.05, 0) is 25.1 Å². The second-order valence-electron chi connectivity index (χ2n) is 6.13. The molecule has 152 valence electrons. The van der Waals surface area contributed by atoms with Crippen molar-refractivity contribution in [3.63, 3.8) is 0 Å². The fraction of sp³-hybridized carbons (Fsp3) is 0.286. The van der Waals surface area contributed by atoms with Crippen molar-refractivity contribution < 1.29 is 23.9 Å². The predicted molar refractivity (Wildman–Crippen MR) is 110 cm³/mol. The average Bonchev–Trinajstić information content (AvgIpc) is 3.16. The molecule has 0 fully saturated rings. The van der Waals surface area contributed by atoms with Crippen LogP contribution in [-0.2, 0) is 21.1 Å². The van der Waals surface area contributed by atoms with Crippen LogP contribution in [0.5, 0.6) is 11.5 Å². The monoisotopic (exact) mass is 397 g/mol. The molecule has 2 aromatic rings. The number of hydrogen-bond acceptors (Lipinski definition) is 7. The van der Waals surface area contributed by atoms with E-state index in [9.17, 15) is 4.79 Å². The molecule has 0 saturated heterocycles. The molecule has 0 saturated carbocycles. The molecule has 0 aliphatic carbocycles. The smallest absolute Gasteiger partial charge is 0.272 e. The van der Waals surface area contributed by atoms with E-state index in [0.29, 0.717) is 24.7 Å². The van der Waals surface area contributed by atoms with E-state index in [1.807, 2.05) is 49.4 Å². The van der Waals surface area contributed by atoms with E-state index in [2.05, 4.69) is 15.1 Å². The molecule has 0 bridgehead atoms. The third-order valence-electron chi connectivity index (χ3n) is 4.28. The molecule has 1 heterocycles. The number of oxime groups is 2. The van der Waals surface area contributed by atoms with Crippen molar-refractivity contribution in [2.24, 2.45) is 10.3 Å². The number of para-hydroxylation sites is 1. The van der Waals surface area contributed by atoms with Crippen molar-refractivity contribution in [1.29, 1.82) is 0 Å². The van der Waals surface area contributed by atoms with Crippen molar-refractivity contribution in [2.45, 2.75) is 13.5 Å². The molecule has 8 heteroatoms. The van der Waals surface area contributed by atoms with Crippen molar-refractivity contribution in [1.82, 2.24) is 0 Å². The van der Waals surface area contributed by atoms with Crippen molar-refractivity contribution in [2.75, 3.05) is 32.3 Å². The maximum absolute atomic E-state index is 12.2. The summed E-state index contributed by atoms with van der Waals surface area (Å²) in [5.74, 6) is 1.06. The van der Waals surface area contributed by atoms with Gasteiger partial charge in [-0.15, -0.1) is 0 Å². The third kappa shape index (κ3) is 4.84. The summed E-state index contributed by atoms with van der Waals surface area (Å²) in [6.45, 7) is 3.05. The first kappa shape index (κ1) is 20.2. The molecule has 0 aromatic heterocycles. The minimum absolute atomic E-state index is 0.286. The highest BCUT2D eigenvalue weighted by Crippen LogP contribution is 2.31. The Bertz CT molecular complexity index is 926. The Balaban J connectivity index is 1.71. The molecule has 0 spiro atoms. The summed E-state index contributed by atoms with van der Waals surface area (Å²) in [4.78, 5) is 23.4. The van der Waals surface area contributed by atoms with Gasteiger partial charge >= 0.3 is 0 Å². The summed E-state index contributed by atoms with van der Waals surface area (Å²) in [6, 6.07) is 13.1. The zero-order chi connectivity index (χ0) is 20.6. The van der Waals surface area contributed by atoms with Gasteiger partial charge in [-0.25, -0.2) is 0 Å². The van der Waals surface area contributed by atoms with Crippen LogP contribution in [0.25, 0.3) is 0 Å². The second kappa shape index (κ2) is 9.59. The lowest BCUT2D eigenvalue weighted by Crippen LogP contribution is -2.28. The summed E-state index contributed by atoms with van der Waals surface area (Å²) in [5.41, 5.74) is 3.24. The summed E-state index contributed by atoms with van der Waals surface area (Å²) >= 11 is 0. The number of ether oxygens (including phenoxy) is 2. The topological polar surface area (TPSA) is 82.0 Å². The largest absolute Gasteiger partial charge is 0.489 e. The van der Waals surface area contributed by atoms with E-state index in [0.717, 1.165) is 28.7 Å². The Labute approximate surface area is 169 Å². The van der Waals surface area contributed by atoms with Crippen LogP contribution in [0.2, 0.25) is 0 Å². The van der Waals surface area contributed by atoms with E-state index in [1.165, 1.54) is 12.0 Å². The molecule has 1 aliphatic heterocycles. The van der Waals surface area contributed by atoms with E-state index in [1.54, 1.807) is 7.05 Å². The van der Waals surface area contributed by atoms with Gasteiger partial charge in [-0.3, -0.25) is 4.79 Å². The van der Waals surface area contributed by atoms with Crippen LogP contribution in [0.3, 0.4) is 0 Å². The lowest BCUT2D eigenvalue weighted by atomic mass is 10.1. The van der Waals surface area contributed by atoms with Gasteiger partial charge in [0, 0.05) is 24.2 Å². The lowest BCUT2D eigenvalue weighted by Gasteiger charge is -2.19. The van der Waals surface area contributed by atoms with Gasteiger partial charge in [0.1, 0.15) is 50.4 Å². The molecule has 29 heavy (non-hydrogen) atoms. The molecular weight excluding hydrogens is 374 g/mol. The Kier molecular flexibility index (Phi) is 6.67. The maximum atomic E-state index is 12.2. The highest BCUT2D eigenvalue weighted by atomic mass is 16.6. The van der Waals surface area contributed by atoms with Crippen LogP contribution in [-0.4, -0.2) is 45.2 Å². The maximum Gasteiger partial charge on any atom is 0.272 e. The summed E-state index contributed by atoms with van der Waals surface area (Å²) in [5, 5.41) is 7.59. The number of nitrogens with zero attached hydrogens (tertiary/aromatic N) is 3. The number of fused-ring (bicyclic) bond motifs is 1. The number of rotatable bonds is 8. The minimum atomic E-state index is -0.300. The Morgan fingerprint density at radius 3 is 2.90 bits per heavy atom. The van der Waals surface area contributed by atoms with E-state index >= 15 is 0 Å². The first-order valence-corrected chi connectivity index (χ1v) is 9.15. The molecule has 2 aromatic carbocycles. The number of amides is 1. The van der Waals surface area contributed by atoms with Crippen molar-refractivity contribution in [3.8, 4) is 11.5 Å². The number of benzene rings is 2. The molecule has 3 rings (SSSR count). The van der Waals surface area contributed by atoms with Gasteiger partial charge in [-0.2, -0.15) is 0 Å². The zero-order valence-electron chi connectivity index (χ0n) is 16.6. The number of carbonyl (C=O) groups is 1. The molecular formula is C21H23N3O5. The fourth-order valence-corrected chi connectivity index (χ4v) is 2.82. The lowest BCUT2D eigenvalue weighted by molar-refractivity contribution is -0.112. The molecule has 0 radical (unpaired) electrons. The van der Waals surface area contributed by atoms with Crippen LogP contribution in [0, 0.1) is 0 Å². The molecule has 0 unspecified atom stereocenters. The van der Waals surface area contributed by atoms with Crippen LogP contribution < -0.4 is 14.4 Å². The van der Waals surface area contributed by atoms with Crippen molar-refractivity contribution in [3.05, 3.63) is 53.6 Å². The van der Waals surface area contributed by atoms with Crippen LogP contribution in [0.15, 0.2) is 52.8 Å². The standard InChI is InChI=1S/C21H23N3O5/c1-4-29-23-18-14-28-20-11-16(9-10-17(18)20)27-13-15-7-5-6-8-19(15)24(2)21(25)12-22-26-3/h5-12H,4,13-14H2,1-3H3. The summed E-state index contributed by atoms with van der Waals surface area (Å²) < 4.78 is 11.6. The fourth-order valence-electron chi connectivity index (χ4n) is 2.82. The highest BCUT2D eigenvalue weighted by molar-refractivity contribution is 6.32. The van der Waals surface area contributed by atoms with Gasteiger partial charge in [0.15, 0.2) is 0 Å². The minimum Gasteiger partial charge on any atom is -0.489 e. The van der Waals surface area contributed by atoms with Gasteiger partial charge in [0.2, 0.25) is 0 Å². The van der Waals surface area contributed by atoms with Gasteiger partial charge in [-0.1, -0.05) is 28.5 Å². The van der Waals surface area contributed by atoms with E-state index in [4.69, 9.17) is 14.3 Å². The summed E-state index contributed by atoms with van der Waals surface area (Å²) in [6.07, 6.45) is 1.12. The Morgan fingerprint density at radius 2 is 2.10 bits per heavy atom. The molecule has 1 aliphatic rings. The van der Waals surface area contributed by atoms with Crippen LogP contribution in [0.4, 0.5) is 5.69 Å². The Hall–Kier alpha value is -3.55. The number of anilines is 1. The van der Waals surface area contributed by atoms with Gasteiger partial charge < -0.3 is 24.0 Å². The first-order valence-electron chi connectivity index (χ1n) is 9.15. The molecule has 0 atom stereocenters. The number of carbonyl (C=O) groups excluding carboxylic acids is 1. The first-order chi connectivity index (χ1) is 14.1. The molecule has 1 amide bonds. The van der Waals surface area contributed by atoms with E-state index in [-0.39, 0.29) is 12.5 Å². The van der Waals surface area contributed by atoms with Crippen molar-refractivity contribution >= 4 is 23.5 Å². The molecule has 8 nitrogen and oxygen atoms in total. The third-order valence-corrected chi connectivity index (χ3v) is 4.28. The van der Waals surface area contributed by atoms with Gasteiger partial charge in [0.05, 0.1) is 5.69 Å². The number of hydrogen-bond donors (Lipinski definition) is 0. The van der Waals surface area contributed by atoms with E-state index < -0.39 is 0 Å². The SMILES string of the molecule is CCON=C1COc2cc(OCc3ccccc3N(C)C(=O)C=NOC)ccc21. The zero-order valence-corrected chi connectivity index (χ0v) is 16.6. The van der Waals surface area contributed by atoms with Crippen LogP contribution in [0.1, 0.15) is 18.1 Å². The molecule has 0 N–H and O–H groups in total. The highest BCUT2D eigenvalue weighted by Gasteiger charge is 2.21.